The maximum Gasteiger partial charge on any atom is 0.228 e. The van der Waals surface area contributed by atoms with Crippen LogP contribution in [0.4, 0.5) is 0 Å². The summed E-state index contributed by atoms with van der Waals surface area (Å²) in [6.07, 6.45) is 4.98. The summed E-state index contributed by atoms with van der Waals surface area (Å²) in [7, 11) is 0. The number of carbonyl (C=O) groups excluding carboxylic acids is 1. The molecule has 9 heteroatoms. The lowest BCUT2D eigenvalue weighted by atomic mass is 9.57. The summed E-state index contributed by atoms with van der Waals surface area (Å²) >= 11 is 0. The van der Waals surface area contributed by atoms with E-state index in [-0.39, 0.29) is 30.2 Å². The van der Waals surface area contributed by atoms with Crippen LogP contribution in [0.25, 0.3) is 5.69 Å². The van der Waals surface area contributed by atoms with Crippen molar-refractivity contribution in [2.75, 3.05) is 0 Å². The minimum Gasteiger partial charge on any atom is -0.321 e. The molecule has 178 valence electrons. The van der Waals surface area contributed by atoms with Crippen LogP contribution in [0, 0.1) is 35.0 Å². The largest absolute Gasteiger partial charge is 0.321 e. The van der Waals surface area contributed by atoms with Crippen molar-refractivity contribution in [2.24, 2.45) is 23.7 Å². The van der Waals surface area contributed by atoms with Crippen LogP contribution < -0.4 is 0 Å². The zero-order valence-electron chi connectivity index (χ0n) is 19.7. The molecule has 1 spiro atoms. The quantitative estimate of drug-likeness (QED) is 0.643. The molecule has 1 aliphatic carbocycles. The summed E-state index contributed by atoms with van der Waals surface area (Å²) in [6, 6.07) is 9.24. The Balaban J connectivity index is 1.35. The standard InChI is InChI=1S/C25H29N5O4/c1-15-4-9-21-16(2)22(31)29(23-25(21)20(15)10-11-24(3,32-23)33-34-25)13-18-14-30(28-27-18)19-7-5-17(12-26)6-8-19/h5-8,14-16,20-21,23H,4,9-11,13H2,1-3H3/t15-,16-,20+,21+,23-,24-,25-/m1/s1. The van der Waals surface area contributed by atoms with Gasteiger partial charge in [-0.25, -0.2) is 14.5 Å². The normalized spacial score (nSPS) is 38.8. The van der Waals surface area contributed by atoms with Gasteiger partial charge in [-0.2, -0.15) is 5.26 Å². The summed E-state index contributed by atoms with van der Waals surface area (Å²) in [4.78, 5) is 27.7. The number of nitrogens with zero attached hydrogens (tertiary/aromatic N) is 5. The van der Waals surface area contributed by atoms with E-state index in [1.165, 1.54) is 0 Å². The van der Waals surface area contributed by atoms with Crippen molar-refractivity contribution in [1.29, 1.82) is 5.26 Å². The molecule has 0 unspecified atom stereocenters. The van der Waals surface area contributed by atoms with E-state index in [1.807, 2.05) is 32.2 Å². The summed E-state index contributed by atoms with van der Waals surface area (Å²) in [5, 5.41) is 17.6. The summed E-state index contributed by atoms with van der Waals surface area (Å²) < 4.78 is 8.22. The monoisotopic (exact) mass is 463 g/mol. The molecule has 34 heavy (non-hydrogen) atoms. The second-order valence-electron chi connectivity index (χ2n) is 10.5. The Morgan fingerprint density at radius 1 is 1.15 bits per heavy atom. The number of carbonyl (C=O) groups is 1. The van der Waals surface area contributed by atoms with Gasteiger partial charge in [0.2, 0.25) is 11.7 Å². The topological polar surface area (TPSA) is 103 Å². The van der Waals surface area contributed by atoms with Crippen LogP contribution in [-0.2, 0) is 25.9 Å². The van der Waals surface area contributed by atoms with Gasteiger partial charge in [0.1, 0.15) is 5.69 Å². The van der Waals surface area contributed by atoms with Crippen LogP contribution in [0.1, 0.15) is 57.7 Å². The molecule has 1 saturated carbocycles. The Kier molecular flexibility index (Phi) is 4.86. The van der Waals surface area contributed by atoms with Gasteiger partial charge in [0.05, 0.1) is 30.1 Å². The Hall–Kier alpha value is -2.80. The van der Waals surface area contributed by atoms with Crippen LogP contribution in [0.15, 0.2) is 30.5 Å². The van der Waals surface area contributed by atoms with E-state index in [4.69, 9.17) is 19.8 Å². The lowest BCUT2D eigenvalue weighted by molar-refractivity contribution is -0.548. The van der Waals surface area contributed by atoms with Crippen LogP contribution in [0.3, 0.4) is 0 Å². The highest BCUT2D eigenvalue weighted by Gasteiger charge is 2.70. The number of hydrogen-bond acceptors (Lipinski definition) is 7. The van der Waals surface area contributed by atoms with Crippen LogP contribution in [0.5, 0.6) is 0 Å². The van der Waals surface area contributed by atoms with Gasteiger partial charge in [-0.15, -0.1) is 5.10 Å². The SMILES string of the molecule is C[C@@H]1CC[C@H]2[C@@H](C)C(=O)N(Cc3cn(-c4ccc(C#N)cc4)nn3)[C@@H]3O[C@@]4(C)CC[C@@H]1[C@@]23OO4. The molecule has 2 bridgehead atoms. The fraction of sp³-hybridized carbons (Fsp3) is 0.600. The zero-order valence-corrected chi connectivity index (χ0v) is 19.7. The van der Waals surface area contributed by atoms with Crippen molar-refractivity contribution in [1.82, 2.24) is 19.9 Å². The first-order valence-corrected chi connectivity index (χ1v) is 12.1. The van der Waals surface area contributed by atoms with Crippen molar-refractivity contribution in [3.05, 3.63) is 41.7 Å². The van der Waals surface area contributed by atoms with Gasteiger partial charge in [-0.05, 0) is 62.3 Å². The second-order valence-corrected chi connectivity index (χ2v) is 10.5. The number of amides is 1. The smallest absolute Gasteiger partial charge is 0.228 e. The van der Waals surface area contributed by atoms with Crippen molar-refractivity contribution < 1.29 is 19.3 Å². The third-order valence-corrected chi connectivity index (χ3v) is 8.49. The van der Waals surface area contributed by atoms with E-state index in [9.17, 15) is 4.79 Å². The highest BCUT2D eigenvalue weighted by Crippen LogP contribution is 2.60. The predicted octanol–water partition coefficient (Wildman–Crippen LogP) is 3.33. The minimum atomic E-state index is -0.878. The molecule has 5 aliphatic rings. The molecule has 9 nitrogen and oxygen atoms in total. The van der Waals surface area contributed by atoms with Gasteiger partial charge < -0.3 is 9.64 Å². The molecule has 1 amide bonds. The number of rotatable bonds is 3. The maximum absolute atomic E-state index is 13.7. The number of piperidine rings is 1. The van der Waals surface area contributed by atoms with E-state index in [0.29, 0.717) is 17.2 Å². The average molecular weight is 464 g/mol. The molecule has 0 radical (unpaired) electrons. The molecule has 2 aromatic rings. The lowest BCUT2D eigenvalue weighted by Gasteiger charge is -2.61. The zero-order chi connectivity index (χ0) is 23.7. The summed E-state index contributed by atoms with van der Waals surface area (Å²) in [5.41, 5.74) is 1.36. The number of ether oxygens (including phenoxy) is 1. The number of fused-ring (bicyclic) bond motifs is 2. The third-order valence-electron chi connectivity index (χ3n) is 8.49. The van der Waals surface area contributed by atoms with Gasteiger partial charge >= 0.3 is 0 Å². The molecule has 5 heterocycles. The van der Waals surface area contributed by atoms with Gasteiger partial charge in [-0.1, -0.05) is 19.1 Å². The highest BCUT2D eigenvalue weighted by atomic mass is 17.3. The average Bonchev–Trinajstić information content (AvgIpc) is 3.19. The van der Waals surface area contributed by atoms with E-state index in [2.05, 4.69) is 23.3 Å². The minimum absolute atomic E-state index is 0.0550. The number of aromatic nitrogens is 3. The predicted molar refractivity (Wildman–Crippen MR) is 119 cm³/mol. The molecular formula is C25H29N5O4. The highest BCUT2D eigenvalue weighted by molar-refractivity contribution is 5.80. The number of hydrogen-bond donors (Lipinski definition) is 0. The van der Waals surface area contributed by atoms with Gasteiger partial charge in [0, 0.05) is 18.3 Å². The Labute approximate surface area is 198 Å². The van der Waals surface area contributed by atoms with Gasteiger partial charge in [0.25, 0.3) is 0 Å². The second kappa shape index (κ2) is 7.60. The van der Waals surface area contributed by atoms with E-state index >= 15 is 0 Å². The Morgan fingerprint density at radius 3 is 2.71 bits per heavy atom. The Morgan fingerprint density at radius 2 is 1.94 bits per heavy atom. The Bertz CT molecular complexity index is 1160. The molecule has 5 fully saturated rings. The van der Waals surface area contributed by atoms with Crippen LogP contribution in [0.2, 0.25) is 0 Å². The van der Waals surface area contributed by atoms with Crippen molar-refractivity contribution in [3.63, 3.8) is 0 Å². The molecule has 7 atom stereocenters. The molecular weight excluding hydrogens is 434 g/mol. The van der Waals surface area contributed by atoms with Gasteiger partial charge in [0.15, 0.2) is 11.8 Å². The van der Waals surface area contributed by atoms with E-state index in [1.54, 1.807) is 21.7 Å². The molecule has 7 rings (SSSR count). The van der Waals surface area contributed by atoms with E-state index < -0.39 is 17.6 Å². The van der Waals surface area contributed by atoms with Crippen LogP contribution >= 0.6 is 0 Å². The molecule has 0 N–H and O–H groups in total. The summed E-state index contributed by atoms with van der Waals surface area (Å²) in [5.74, 6) is -0.245. The number of likely N-dealkylation sites (tertiary alicyclic amines) is 1. The first kappa shape index (κ1) is 21.7. The fourth-order valence-corrected chi connectivity index (χ4v) is 6.67. The van der Waals surface area contributed by atoms with E-state index in [0.717, 1.165) is 31.4 Å². The molecule has 1 aromatic heterocycles. The first-order valence-electron chi connectivity index (χ1n) is 12.1. The number of benzene rings is 1. The third kappa shape index (κ3) is 3.05. The first-order chi connectivity index (χ1) is 16.3. The van der Waals surface area contributed by atoms with Crippen LogP contribution in [-0.4, -0.2) is 43.4 Å². The summed E-state index contributed by atoms with van der Waals surface area (Å²) in [6.45, 7) is 6.47. The fourth-order valence-electron chi connectivity index (χ4n) is 6.67. The van der Waals surface area contributed by atoms with Crippen molar-refractivity contribution in [2.45, 2.75) is 70.6 Å². The van der Waals surface area contributed by atoms with Gasteiger partial charge in [-0.3, -0.25) is 4.79 Å². The molecule has 4 saturated heterocycles. The molecule has 4 aliphatic heterocycles. The lowest BCUT2D eigenvalue weighted by Crippen LogP contribution is -2.74. The van der Waals surface area contributed by atoms with Crippen molar-refractivity contribution >= 4 is 5.91 Å². The maximum atomic E-state index is 13.7. The number of nitriles is 1. The molecule has 1 aromatic carbocycles. The van der Waals surface area contributed by atoms with Crippen molar-refractivity contribution in [3.8, 4) is 11.8 Å².